The number of nitrogens with zero attached hydrogens (tertiary/aromatic N) is 2. The molecule has 0 spiro atoms. The Morgan fingerprint density at radius 2 is 1.89 bits per heavy atom. The van der Waals surface area contributed by atoms with E-state index in [9.17, 15) is 4.79 Å². The highest BCUT2D eigenvalue weighted by Crippen LogP contribution is 2.41. The largest absolute Gasteiger partial charge is 0.452 e. The maximum Gasteiger partial charge on any atom is 0.226 e. The van der Waals surface area contributed by atoms with E-state index in [2.05, 4.69) is 46.8 Å². The van der Waals surface area contributed by atoms with Gasteiger partial charge in [0.25, 0.3) is 0 Å². The van der Waals surface area contributed by atoms with Crippen molar-refractivity contribution in [2.75, 3.05) is 11.9 Å². The number of aromatic nitrogens is 1. The molecule has 0 aliphatic carbocycles. The van der Waals surface area contributed by atoms with Crippen LogP contribution < -0.4 is 10.6 Å². The lowest BCUT2D eigenvalue weighted by atomic mass is 10.0. The van der Waals surface area contributed by atoms with Gasteiger partial charge in [0.1, 0.15) is 11.8 Å². The topological polar surface area (TPSA) is 70.4 Å². The van der Waals surface area contributed by atoms with Crippen molar-refractivity contribution >= 4 is 40.7 Å². The number of furan rings is 1. The lowest BCUT2D eigenvalue weighted by Crippen LogP contribution is -2.32. The van der Waals surface area contributed by atoms with E-state index < -0.39 is 0 Å². The second kappa shape index (κ2) is 11.2. The van der Waals surface area contributed by atoms with Crippen LogP contribution >= 0.6 is 24.0 Å². The van der Waals surface area contributed by atoms with Gasteiger partial charge >= 0.3 is 0 Å². The molecule has 8 heteroatoms. The van der Waals surface area contributed by atoms with Crippen LogP contribution in [0.25, 0.3) is 0 Å². The number of carbonyl (C=O) groups is 1. The predicted octanol–water partition coefficient (Wildman–Crippen LogP) is 6.44. The van der Waals surface area contributed by atoms with Crippen molar-refractivity contribution in [3.63, 3.8) is 0 Å². The summed E-state index contributed by atoms with van der Waals surface area (Å²) in [5.74, 6) is 0.709. The fraction of sp³-hybridized carbons (Fsp3) is 0.207. The fourth-order valence-corrected chi connectivity index (χ4v) is 5.50. The maximum absolute atomic E-state index is 12.8. The summed E-state index contributed by atoms with van der Waals surface area (Å²) < 4.78 is 6.34. The summed E-state index contributed by atoms with van der Waals surface area (Å²) in [5.41, 5.74) is 3.97. The van der Waals surface area contributed by atoms with Gasteiger partial charge < -0.3 is 20.0 Å². The molecule has 2 N–H and O–H groups in total. The summed E-state index contributed by atoms with van der Waals surface area (Å²) in [6, 6.07) is 25.5. The highest BCUT2D eigenvalue weighted by Gasteiger charge is 2.41. The van der Waals surface area contributed by atoms with Crippen molar-refractivity contribution in [3.05, 3.63) is 108 Å². The molecule has 1 aliphatic rings. The zero-order valence-corrected chi connectivity index (χ0v) is 22.3. The quantitative estimate of drug-likeness (QED) is 0.255. The van der Waals surface area contributed by atoms with Crippen LogP contribution in [0.5, 0.6) is 0 Å². The van der Waals surface area contributed by atoms with Crippen molar-refractivity contribution in [2.45, 2.75) is 42.3 Å². The number of pyridine rings is 1. The third-order valence-corrected chi connectivity index (χ3v) is 7.49. The molecule has 1 fully saturated rings. The Kier molecular flexibility index (Phi) is 7.58. The van der Waals surface area contributed by atoms with E-state index in [1.54, 1.807) is 18.0 Å². The molecule has 2 atom stereocenters. The first-order valence-corrected chi connectivity index (χ1v) is 13.4. The number of anilines is 1. The molecule has 1 amide bonds. The van der Waals surface area contributed by atoms with Crippen LogP contribution in [0.3, 0.4) is 0 Å². The smallest absolute Gasteiger partial charge is 0.226 e. The molecular formula is C29H28N4O2S2. The Hall–Kier alpha value is -3.62. The first-order chi connectivity index (χ1) is 18.0. The fourth-order valence-electron chi connectivity index (χ4n) is 4.39. The van der Waals surface area contributed by atoms with E-state index in [0.29, 0.717) is 11.7 Å². The average molecular weight is 529 g/mol. The monoisotopic (exact) mass is 528 g/mol. The molecule has 0 radical (unpaired) electrons. The zero-order chi connectivity index (χ0) is 25.8. The van der Waals surface area contributed by atoms with Crippen LogP contribution in [-0.2, 0) is 4.79 Å². The van der Waals surface area contributed by atoms with E-state index in [1.807, 2.05) is 66.4 Å². The molecule has 1 aliphatic heterocycles. The molecular weight excluding hydrogens is 500 g/mol. The Morgan fingerprint density at radius 3 is 2.65 bits per heavy atom. The Labute approximate surface area is 226 Å². The number of hydrogen-bond donors (Lipinski definition) is 2. The molecule has 3 heterocycles. The van der Waals surface area contributed by atoms with Gasteiger partial charge in [-0.1, -0.05) is 47.7 Å². The van der Waals surface area contributed by atoms with Gasteiger partial charge in [-0.3, -0.25) is 9.78 Å². The van der Waals surface area contributed by atoms with E-state index in [0.717, 1.165) is 32.7 Å². The normalized spacial score (nSPS) is 17.0. The molecule has 1 saturated heterocycles. The molecule has 6 nitrogen and oxygen atoms in total. The lowest BCUT2D eigenvalue weighted by molar-refractivity contribution is -0.116. The number of rotatable bonds is 8. The van der Waals surface area contributed by atoms with Crippen molar-refractivity contribution in [2.24, 2.45) is 0 Å². The summed E-state index contributed by atoms with van der Waals surface area (Å²) in [6.45, 7) is 4.52. The van der Waals surface area contributed by atoms with E-state index >= 15 is 0 Å². The number of thiocarbonyl (C=S) groups is 1. The Morgan fingerprint density at radius 1 is 1.05 bits per heavy atom. The minimum absolute atomic E-state index is 0.0662. The number of carbonyl (C=O) groups excluding carboxylic acids is 1. The summed E-state index contributed by atoms with van der Waals surface area (Å²) in [4.78, 5) is 20.5. The first-order valence-electron chi connectivity index (χ1n) is 12.1. The van der Waals surface area contributed by atoms with Crippen molar-refractivity contribution in [1.29, 1.82) is 0 Å². The molecule has 0 saturated carbocycles. The predicted molar refractivity (Wildman–Crippen MR) is 151 cm³/mol. The molecule has 4 aromatic rings. The zero-order valence-electron chi connectivity index (χ0n) is 20.7. The van der Waals surface area contributed by atoms with Crippen LogP contribution in [0.4, 0.5) is 5.69 Å². The van der Waals surface area contributed by atoms with Gasteiger partial charge in [0.05, 0.1) is 11.7 Å². The molecule has 188 valence electrons. The number of hydrogen-bond acceptors (Lipinski definition) is 5. The molecule has 37 heavy (non-hydrogen) atoms. The molecule has 2 aromatic carbocycles. The van der Waals surface area contributed by atoms with Crippen LogP contribution in [0.15, 0.2) is 99.5 Å². The van der Waals surface area contributed by atoms with Crippen LogP contribution in [0.1, 0.15) is 41.1 Å². The van der Waals surface area contributed by atoms with Crippen molar-refractivity contribution in [1.82, 2.24) is 15.2 Å². The van der Waals surface area contributed by atoms with Gasteiger partial charge in [-0.15, -0.1) is 0 Å². The van der Waals surface area contributed by atoms with Crippen LogP contribution in [0, 0.1) is 13.8 Å². The first kappa shape index (κ1) is 25.0. The average Bonchev–Trinajstić information content (AvgIpc) is 3.48. The number of nitrogens with one attached hydrogen (secondary N) is 2. The third-order valence-electron chi connectivity index (χ3n) is 6.21. The second-order valence-corrected chi connectivity index (χ2v) is 10.5. The Bertz CT molecular complexity index is 1390. The minimum Gasteiger partial charge on any atom is -0.452 e. The SMILES string of the molecule is Cc1ccc(Sc2ccc([C@@H]3[C@H](c4ccccn4)NC(=S)N3CCC(=O)Nc3cccc(C)c3)o2)cc1. The summed E-state index contributed by atoms with van der Waals surface area (Å²) >= 11 is 7.30. The van der Waals surface area contributed by atoms with E-state index in [-0.39, 0.29) is 24.4 Å². The Balaban J connectivity index is 1.35. The highest BCUT2D eigenvalue weighted by atomic mass is 32.2. The number of amides is 1. The van der Waals surface area contributed by atoms with Gasteiger partial charge in [-0.2, -0.15) is 0 Å². The second-order valence-electron chi connectivity index (χ2n) is 9.06. The van der Waals surface area contributed by atoms with E-state index in [1.165, 1.54) is 5.56 Å². The highest BCUT2D eigenvalue weighted by molar-refractivity contribution is 7.99. The van der Waals surface area contributed by atoms with Gasteiger partial charge in [0, 0.05) is 29.7 Å². The lowest BCUT2D eigenvalue weighted by Gasteiger charge is -2.25. The van der Waals surface area contributed by atoms with Gasteiger partial charge in [0.15, 0.2) is 10.2 Å². The molecule has 2 aromatic heterocycles. The summed E-state index contributed by atoms with van der Waals surface area (Å²) in [7, 11) is 0. The van der Waals surface area contributed by atoms with Crippen LogP contribution in [0.2, 0.25) is 0 Å². The third kappa shape index (κ3) is 6.03. The number of aryl methyl sites for hydroxylation is 2. The van der Waals surface area contributed by atoms with Gasteiger partial charge in [-0.25, -0.2) is 0 Å². The van der Waals surface area contributed by atoms with Gasteiger partial charge in [0.2, 0.25) is 5.91 Å². The molecule has 0 unspecified atom stereocenters. The maximum atomic E-state index is 12.8. The van der Waals surface area contributed by atoms with Gasteiger partial charge in [-0.05, 0) is 80.2 Å². The van der Waals surface area contributed by atoms with Crippen molar-refractivity contribution < 1.29 is 9.21 Å². The summed E-state index contributed by atoms with van der Waals surface area (Å²) in [6.07, 6.45) is 2.06. The molecule has 0 bridgehead atoms. The van der Waals surface area contributed by atoms with E-state index in [4.69, 9.17) is 16.6 Å². The van der Waals surface area contributed by atoms with Crippen LogP contribution in [-0.4, -0.2) is 27.4 Å². The minimum atomic E-state index is -0.235. The molecule has 5 rings (SSSR count). The van der Waals surface area contributed by atoms with Crippen molar-refractivity contribution in [3.8, 4) is 0 Å². The standard InChI is InChI=1S/C29H28N4O2S2/c1-19-9-11-22(12-10-19)37-26-14-13-24(35-26)28-27(23-8-3-4-16-30-23)32-29(36)33(28)17-15-25(34)31-21-7-5-6-20(2)18-21/h3-14,16,18,27-28H,15,17H2,1-2H3,(H,31,34)(H,32,36)/t27-,28+/m0/s1. The number of benzene rings is 2. The summed E-state index contributed by atoms with van der Waals surface area (Å²) in [5, 5.41) is 7.77.